The van der Waals surface area contributed by atoms with Gasteiger partial charge in [-0.25, -0.2) is 4.79 Å². The summed E-state index contributed by atoms with van der Waals surface area (Å²) in [6.07, 6.45) is -0.581. The van der Waals surface area contributed by atoms with Gasteiger partial charge in [-0.05, 0) is 22.3 Å². The number of carbonyl (C=O) groups excluding carboxylic acids is 1. The highest BCUT2D eigenvalue weighted by Gasteiger charge is 2.30. The number of hydrogen-bond donors (Lipinski definition) is 2. The standard InChI is InChI=1S/C21H25NO5/c1-25-13-21(24,14-26-2)12-22-20(23)27-11-19-17-9-5-3-7-15(17)16-8-4-6-10-18(16)19/h3-10,19,24H,11-14H2,1-2H3,(H,22,23). The normalized spacial score (nSPS) is 13.1. The summed E-state index contributed by atoms with van der Waals surface area (Å²) >= 11 is 0. The van der Waals surface area contributed by atoms with Gasteiger partial charge in [0.25, 0.3) is 0 Å². The van der Waals surface area contributed by atoms with E-state index in [0.29, 0.717) is 0 Å². The smallest absolute Gasteiger partial charge is 0.407 e. The summed E-state index contributed by atoms with van der Waals surface area (Å²) < 4.78 is 15.4. The van der Waals surface area contributed by atoms with Crippen LogP contribution in [0.5, 0.6) is 0 Å². The van der Waals surface area contributed by atoms with Crippen LogP contribution in [-0.4, -0.2) is 57.4 Å². The fourth-order valence-electron chi connectivity index (χ4n) is 3.57. The Morgan fingerprint density at radius 3 is 2.04 bits per heavy atom. The molecular formula is C21H25NO5. The van der Waals surface area contributed by atoms with Crippen LogP contribution in [0.1, 0.15) is 17.0 Å². The van der Waals surface area contributed by atoms with Gasteiger partial charge in [0, 0.05) is 20.1 Å². The molecule has 0 atom stereocenters. The minimum atomic E-state index is -1.30. The van der Waals surface area contributed by atoms with Crippen molar-refractivity contribution in [2.75, 3.05) is 40.6 Å². The fraction of sp³-hybridized carbons (Fsp3) is 0.381. The predicted octanol–water partition coefficient (Wildman–Crippen LogP) is 2.55. The van der Waals surface area contributed by atoms with Crippen molar-refractivity contribution in [2.45, 2.75) is 11.5 Å². The molecule has 0 heterocycles. The summed E-state index contributed by atoms with van der Waals surface area (Å²) in [5, 5.41) is 13.0. The first-order valence-corrected chi connectivity index (χ1v) is 8.87. The zero-order valence-electron chi connectivity index (χ0n) is 15.6. The van der Waals surface area contributed by atoms with Crippen molar-refractivity contribution in [1.29, 1.82) is 0 Å². The Balaban J connectivity index is 1.62. The molecule has 0 fully saturated rings. The Bertz CT molecular complexity index is 740. The largest absolute Gasteiger partial charge is 0.449 e. The minimum Gasteiger partial charge on any atom is -0.449 e. The second kappa shape index (κ2) is 8.52. The van der Waals surface area contributed by atoms with Gasteiger partial charge >= 0.3 is 6.09 Å². The van der Waals surface area contributed by atoms with Gasteiger partial charge < -0.3 is 24.6 Å². The summed E-state index contributed by atoms with van der Waals surface area (Å²) in [5.74, 6) is -0.0000149. The molecule has 0 aromatic heterocycles. The Morgan fingerprint density at radius 2 is 1.52 bits per heavy atom. The van der Waals surface area contributed by atoms with E-state index in [1.807, 2.05) is 24.3 Å². The van der Waals surface area contributed by atoms with E-state index in [1.165, 1.54) is 25.3 Å². The lowest BCUT2D eigenvalue weighted by atomic mass is 9.98. The SMILES string of the molecule is COCC(O)(CNC(=O)OCC1c2ccccc2-c2ccccc21)COC. The van der Waals surface area contributed by atoms with Gasteiger partial charge in [0.1, 0.15) is 12.2 Å². The molecule has 0 saturated carbocycles. The monoisotopic (exact) mass is 371 g/mol. The van der Waals surface area contributed by atoms with E-state index in [9.17, 15) is 9.90 Å². The molecule has 2 N–H and O–H groups in total. The Labute approximate surface area is 159 Å². The molecule has 6 heteroatoms. The van der Waals surface area contributed by atoms with Crippen LogP contribution in [0.4, 0.5) is 4.79 Å². The summed E-state index contributed by atoms with van der Waals surface area (Å²) in [7, 11) is 2.96. The van der Waals surface area contributed by atoms with E-state index in [2.05, 4.69) is 29.6 Å². The number of nitrogens with one attached hydrogen (secondary N) is 1. The number of rotatable bonds is 8. The van der Waals surface area contributed by atoms with Crippen molar-refractivity contribution in [1.82, 2.24) is 5.32 Å². The van der Waals surface area contributed by atoms with Gasteiger partial charge in [-0.15, -0.1) is 0 Å². The van der Waals surface area contributed by atoms with Crippen molar-refractivity contribution in [2.24, 2.45) is 0 Å². The molecule has 0 aliphatic heterocycles. The van der Waals surface area contributed by atoms with E-state index in [4.69, 9.17) is 14.2 Å². The van der Waals surface area contributed by atoms with Crippen molar-refractivity contribution in [3.05, 3.63) is 59.7 Å². The van der Waals surface area contributed by atoms with Crippen LogP contribution in [0.15, 0.2) is 48.5 Å². The third-order valence-corrected chi connectivity index (χ3v) is 4.73. The molecule has 0 unspecified atom stereocenters. The number of benzene rings is 2. The number of alkyl carbamates (subject to hydrolysis) is 1. The molecule has 0 radical (unpaired) electrons. The number of carbonyl (C=O) groups is 1. The maximum atomic E-state index is 12.2. The Morgan fingerprint density at radius 1 is 1.00 bits per heavy atom. The van der Waals surface area contributed by atoms with Gasteiger partial charge in [-0.2, -0.15) is 0 Å². The number of fused-ring (bicyclic) bond motifs is 3. The summed E-state index contributed by atoms with van der Waals surface area (Å²) in [5.41, 5.74) is 3.37. The molecule has 3 rings (SSSR count). The molecular weight excluding hydrogens is 346 g/mol. The lowest BCUT2D eigenvalue weighted by Crippen LogP contribution is -2.49. The molecule has 2 aromatic carbocycles. The minimum absolute atomic E-state index is 0.0000149. The molecule has 1 amide bonds. The topological polar surface area (TPSA) is 77.0 Å². The Hall–Kier alpha value is -2.41. The average molecular weight is 371 g/mol. The maximum absolute atomic E-state index is 12.2. The van der Waals surface area contributed by atoms with E-state index in [0.717, 1.165) is 11.1 Å². The number of hydrogen-bond acceptors (Lipinski definition) is 5. The van der Waals surface area contributed by atoms with Gasteiger partial charge in [0.2, 0.25) is 0 Å². The van der Waals surface area contributed by atoms with Crippen LogP contribution in [0, 0.1) is 0 Å². The molecule has 0 bridgehead atoms. The van der Waals surface area contributed by atoms with Crippen LogP contribution >= 0.6 is 0 Å². The van der Waals surface area contributed by atoms with Gasteiger partial charge in [-0.1, -0.05) is 48.5 Å². The molecule has 0 saturated heterocycles. The molecule has 27 heavy (non-hydrogen) atoms. The van der Waals surface area contributed by atoms with Crippen molar-refractivity contribution < 1.29 is 24.1 Å². The van der Waals surface area contributed by atoms with Gasteiger partial charge in [-0.3, -0.25) is 0 Å². The zero-order valence-corrected chi connectivity index (χ0v) is 15.6. The molecule has 1 aliphatic rings. The second-order valence-electron chi connectivity index (χ2n) is 6.77. The van der Waals surface area contributed by atoms with Crippen LogP contribution in [0.2, 0.25) is 0 Å². The average Bonchev–Trinajstić information content (AvgIpc) is 2.99. The summed E-state index contributed by atoms with van der Waals surface area (Å²) in [4.78, 5) is 12.2. The van der Waals surface area contributed by atoms with E-state index in [-0.39, 0.29) is 32.3 Å². The lowest BCUT2D eigenvalue weighted by Gasteiger charge is -2.26. The van der Waals surface area contributed by atoms with Crippen LogP contribution in [0.25, 0.3) is 11.1 Å². The molecule has 144 valence electrons. The van der Waals surface area contributed by atoms with E-state index >= 15 is 0 Å². The molecule has 0 spiro atoms. The van der Waals surface area contributed by atoms with Crippen LogP contribution < -0.4 is 5.32 Å². The van der Waals surface area contributed by atoms with Gasteiger partial charge in [0.05, 0.1) is 19.8 Å². The van der Waals surface area contributed by atoms with Gasteiger partial charge in [0.15, 0.2) is 0 Å². The van der Waals surface area contributed by atoms with Crippen molar-refractivity contribution in [3.8, 4) is 11.1 Å². The van der Waals surface area contributed by atoms with E-state index < -0.39 is 11.7 Å². The molecule has 1 aliphatic carbocycles. The van der Waals surface area contributed by atoms with Crippen LogP contribution in [0.3, 0.4) is 0 Å². The highest BCUT2D eigenvalue weighted by molar-refractivity contribution is 5.79. The Kier molecular flexibility index (Phi) is 6.11. The first kappa shape index (κ1) is 19.4. The first-order chi connectivity index (χ1) is 13.1. The quantitative estimate of drug-likeness (QED) is 0.746. The number of aliphatic hydroxyl groups is 1. The number of amides is 1. The third kappa shape index (κ3) is 4.30. The van der Waals surface area contributed by atoms with Crippen molar-refractivity contribution in [3.63, 3.8) is 0 Å². The predicted molar refractivity (Wildman–Crippen MR) is 102 cm³/mol. The second-order valence-corrected chi connectivity index (χ2v) is 6.77. The van der Waals surface area contributed by atoms with Crippen molar-refractivity contribution >= 4 is 6.09 Å². The maximum Gasteiger partial charge on any atom is 0.407 e. The fourth-order valence-corrected chi connectivity index (χ4v) is 3.57. The third-order valence-electron chi connectivity index (χ3n) is 4.73. The molecule has 6 nitrogen and oxygen atoms in total. The lowest BCUT2D eigenvalue weighted by molar-refractivity contribution is -0.0746. The number of ether oxygens (including phenoxy) is 3. The molecule has 2 aromatic rings. The zero-order chi connectivity index (χ0) is 19.3. The summed E-state index contributed by atoms with van der Waals surface area (Å²) in [6, 6.07) is 16.3. The number of methoxy groups -OCH3 is 2. The van der Waals surface area contributed by atoms with Crippen LogP contribution in [-0.2, 0) is 14.2 Å². The van der Waals surface area contributed by atoms with E-state index in [1.54, 1.807) is 0 Å². The summed E-state index contributed by atoms with van der Waals surface area (Å²) in [6.45, 7) is 0.299. The highest BCUT2D eigenvalue weighted by Crippen LogP contribution is 2.44. The highest BCUT2D eigenvalue weighted by atomic mass is 16.5. The first-order valence-electron chi connectivity index (χ1n) is 8.87.